The number of likely N-dealkylation sites (tertiary alicyclic amines) is 1. The quantitative estimate of drug-likeness (QED) is 0.811. The Morgan fingerprint density at radius 2 is 2.00 bits per heavy atom. The van der Waals surface area contributed by atoms with Gasteiger partial charge < -0.3 is 20.1 Å². The van der Waals surface area contributed by atoms with Crippen molar-refractivity contribution in [1.29, 1.82) is 0 Å². The molecule has 0 aromatic carbocycles. The fraction of sp³-hybridized carbons (Fsp3) is 0.857. The predicted molar refractivity (Wildman–Crippen MR) is 71.3 cm³/mol. The van der Waals surface area contributed by atoms with E-state index < -0.39 is 11.9 Å². The van der Waals surface area contributed by atoms with E-state index in [1.165, 1.54) is 12.8 Å². The first kappa shape index (κ1) is 13.7. The lowest BCUT2D eigenvalue weighted by atomic mass is 9.98. The van der Waals surface area contributed by atoms with Crippen LogP contribution in [0.15, 0.2) is 0 Å². The number of ether oxygens (including phenoxy) is 1. The smallest absolute Gasteiger partial charge is 0.317 e. The lowest BCUT2D eigenvalue weighted by Crippen LogP contribution is -2.51. The zero-order valence-electron chi connectivity index (χ0n) is 11.6. The Kier molecular flexibility index (Phi) is 3.83. The minimum Gasteiger partial charge on any atom is -0.481 e. The van der Waals surface area contributed by atoms with Crippen molar-refractivity contribution in [2.75, 3.05) is 19.7 Å². The van der Waals surface area contributed by atoms with Crippen LogP contribution in [0.5, 0.6) is 0 Å². The molecule has 3 aliphatic rings. The van der Waals surface area contributed by atoms with Crippen LogP contribution in [0, 0.1) is 11.8 Å². The summed E-state index contributed by atoms with van der Waals surface area (Å²) in [5.74, 6) is -0.618. The molecule has 0 spiro atoms. The molecule has 2 aliphatic heterocycles. The van der Waals surface area contributed by atoms with Gasteiger partial charge in [-0.2, -0.15) is 0 Å². The number of nitrogens with zero attached hydrogens (tertiary/aromatic N) is 1. The number of hydrogen-bond acceptors (Lipinski definition) is 3. The summed E-state index contributed by atoms with van der Waals surface area (Å²) >= 11 is 0. The third kappa shape index (κ3) is 2.90. The number of urea groups is 1. The van der Waals surface area contributed by atoms with Gasteiger partial charge >= 0.3 is 12.0 Å². The Morgan fingerprint density at radius 1 is 1.20 bits per heavy atom. The monoisotopic (exact) mass is 282 g/mol. The first-order valence-electron chi connectivity index (χ1n) is 7.55. The highest BCUT2D eigenvalue weighted by Gasteiger charge is 2.42. The van der Waals surface area contributed by atoms with Crippen LogP contribution in [-0.2, 0) is 9.53 Å². The van der Waals surface area contributed by atoms with E-state index in [0.29, 0.717) is 32.0 Å². The molecular weight excluding hydrogens is 260 g/mol. The summed E-state index contributed by atoms with van der Waals surface area (Å²) in [5.41, 5.74) is 0. The molecule has 1 aliphatic carbocycles. The summed E-state index contributed by atoms with van der Waals surface area (Å²) in [7, 11) is 0. The van der Waals surface area contributed by atoms with Crippen molar-refractivity contribution in [1.82, 2.24) is 10.2 Å². The third-order valence-corrected chi connectivity index (χ3v) is 4.59. The number of carboxylic acids is 1. The number of rotatable bonds is 3. The fourth-order valence-electron chi connectivity index (χ4n) is 3.27. The highest BCUT2D eigenvalue weighted by molar-refractivity contribution is 5.76. The van der Waals surface area contributed by atoms with E-state index in [9.17, 15) is 9.59 Å². The Hall–Kier alpha value is -1.30. The summed E-state index contributed by atoms with van der Waals surface area (Å²) in [4.78, 5) is 25.0. The van der Waals surface area contributed by atoms with Gasteiger partial charge in [-0.1, -0.05) is 0 Å². The Morgan fingerprint density at radius 3 is 2.70 bits per heavy atom. The average Bonchev–Trinajstić information content (AvgIpc) is 3.19. The topological polar surface area (TPSA) is 78.9 Å². The van der Waals surface area contributed by atoms with Crippen LogP contribution in [0.1, 0.15) is 32.1 Å². The first-order chi connectivity index (χ1) is 9.65. The lowest BCUT2D eigenvalue weighted by Gasteiger charge is -2.32. The third-order valence-electron chi connectivity index (χ3n) is 4.59. The molecule has 3 atom stereocenters. The molecule has 2 saturated heterocycles. The molecule has 20 heavy (non-hydrogen) atoms. The first-order valence-corrected chi connectivity index (χ1v) is 7.55. The number of piperidine rings is 1. The molecule has 1 saturated carbocycles. The van der Waals surface area contributed by atoms with Gasteiger partial charge in [0.1, 0.15) is 0 Å². The second kappa shape index (κ2) is 5.60. The molecule has 0 aromatic rings. The highest BCUT2D eigenvalue weighted by atomic mass is 16.5. The van der Waals surface area contributed by atoms with E-state index in [1.807, 2.05) is 0 Å². The van der Waals surface area contributed by atoms with E-state index in [0.717, 1.165) is 12.8 Å². The lowest BCUT2D eigenvalue weighted by molar-refractivity contribution is -0.143. The van der Waals surface area contributed by atoms with Gasteiger partial charge in [-0.25, -0.2) is 4.79 Å². The second-order valence-corrected chi connectivity index (χ2v) is 6.14. The van der Waals surface area contributed by atoms with Gasteiger partial charge in [0.25, 0.3) is 0 Å². The van der Waals surface area contributed by atoms with Crippen molar-refractivity contribution in [2.24, 2.45) is 11.8 Å². The zero-order chi connectivity index (χ0) is 14.1. The minimum absolute atomic E-state index is 0.0974. The van der Waals surface area contributed by atoms with Crippen molar-refractivity contribution in [3.63, 3.8) is 0 Å². The van der Waals surface area contributed by atoms with Crippen molar-refractivity contribution < 1.29 is 19.4 Å². The number of nitrogens with one attached hydrogen (secondary N) is 1. The number of carbonyl (C=O) groups excluding carboxylic acids is 1. The maximum atomic E-state index is 12.3. The molecule has 112 valence electrons. The minimum atomic E-state index is -0.803. The molecule has 0 bridgehead atoms. The van der Waals surface area contributed by atoms with Gasteiger partial charge in [0.2, 0.25) is 0 Å². The number of aliphatic carboxylic acids is 1. The molecule has 6 heteroatoms. The van der Waals surface area contributed by atoms with Crippen molar-refractivity contribution in [3.05, 3.63) is 0 Å². The number of carboxylic acid groups (broad SMARTS) is 1. The Labute approximate surface area is 118 Å². The van der Waals surface area contributed by atoms with Crippen LogP contribution in [-0.4, -0.2) is 53.8 Å². The van der Waals surface area contributed by atoms with Crippen molar-refractivity contribution in [2.45, 2.75) is 44.2 Å². The van der Waals surface area contributed by atoms with E-state index in [1.54, 1.807) is 4.90 Å². The van der Waals surface area contributed by atoms with Crippen LogP contribution in [0.2, 0.25) is 0 Å². The number of hydrogen-bond donors (Lipinski definition) is 2. The van der Waals surface area contributed by atoms with Gasteiger partial charge in [-0.05, 0) is 38.0 Å². The molecule has 2 amide bonds. The normalized spacial score (nSPS) is 34.0. The van der Waals surface area contributed by atoms with Crippen molar-refractivity contribution >= 4 is 12.0 Å². The van der Waals surface area contributed by atoms with E-state index >= 15 is 0 Å². The summed E-state index contributed by atoms with van der Waals surface area (Å²) in [6.45, 7) is 1.68. The SMILES string of the molecule is O=C(O)[C@H]1CCCN(C(=O)NC2CCOC2C2CC2)C1. The Balaban J connectivity index is 1.54. The zero-order valence-corrected chi connectivity index (χ0v) is 11.6. The summed E-state index contributed by atoms with van der Waals surface area (Å²) in [6.07, 6.45) is 4.85. The molecule has 3 fully saturated rings. The summed E-state index contributed by atoms with van der Waals surface area (Å²) in [5, 5.41) is 12.1. The molecular formula is C14H22N2O4. The molecule has 0 radical (unpaired) electrons. The van der Waals surface area contributed by atoms with Crippen molar-refractivity contribution in [3.8, 4) is 0 Å². The van der Waals surface area contributed by atoms with Crippen LogP contribution in [0.4, 0.5) is 4.79 Å². The van der Waals surface area contributed by atoms with E-state index in [-0.39, 0.29) is 18.2 Å². The van der Waals surface area contributed by atoms with Gasteiger partial charge in [0, 0.05) is 19.7 Å². The Bertz CT molecular complexity index is 397. The standard InChI is InChI=1S/C14H22N2O4/c17-13(18)10-2-1-6-16(8-10)14(19)15-11-5-7-20-12(11)9-3-4-9/h9-12H,1-8H2,(H,15,19)(H,17,18)/t10-,11?,12?/m0/s1. The van der Waals surface area contributed by atoms with Gasteiger partial charge in [-0.3, -0.25) is 4.79 Å². The number of carbonyl (C=O) groups is 2. The maximum Gasteiger partial charge on any atom is 0.317 e. The second-order valence-electron chi connectivity index (χ2n) is 6.14. The molecule has 0 aromatic heterocycles. The van der Waals surface area contributed by atoms with Crippen LogP contribution >= 0.6 is 0 Å². The predicted octanol–water partition coefficient (Wildman–Crippen LogP) is 1.06. The van der Waals surface area contributed by atoms with E-state index in [4.69, 9.17) is 9.84 Å². The van der Waals surface area contributed by atoms with Crippen LogP contribution in [0.25, 0.3) is 0 Å². The highest BCUT2D eigenvalue weighted by Crippen LogP contribution is 2.38. The van der Waals surface area contributed by atoms with Gasteiger partial charge in [0.05, 0.1) is 18.1 Å². The van der Waals surface area contributed by atoms with Gasteiger partial charge in [-0.15, -0.1) is 0 Å². The van der Waals surface area contributed by atoms with Crippen LogP contribution < -0.4 is 5.32 Å². The largest absolute Gasteiger partial charge is 0.481 e. The molecule has 2 unspecified atom stereocenters. The summed E-state index contributed by atoms with van der Waals surface area (Å²) in [6, 6.07) is -0.0303. The van der Waals surface area contributed by atoms with Gasteiger partial charge in [0.15, 0.2) is 0 Å². The fourth-order valence-corrected chi connectivity index (χ4v) is 3.27. The average molecular weight is 282 g/mol. The molecule has 6 nitrogen and oxygen atoms in total. The summed E-state index contributed by atoms with van der Waals surface area (Å²) < 4.78 is 5.71. The molecule has 3 rings (SSSR count). The maximum absolute atomic E-state index is 12.3. The molecule has 2 heterocycles. The van der Waals surface area contributed by atoms with Crippen LogP contribution in [0.3, 0.4) is 0 Å². The van der Waals surface area contributed by atoms with E-state index in [2.05, 4.69) is 5.32 Å². The number of amides is 2. The molecule has 2 N–H and O–H groups in total.